The number of hydrogen-bond acceptors (Lipinski definition) is 2. The van der Waals surface area contributed by atoms with Gasteiger partial charge in [-0.15, -0.1) is 0 Å². The highest BCUT2D eigenvalue weighted by atomic mass is 35.5. The molecule has 3 rings (SSSR count). The van der Waals surface area contributed by atoms with Gasteiger partial charge in [-0.05, 0) is 25.1 Å². The van der Waals surface area contributed by atoms with Crippen LogP contribution >= 0.6 is 11.6 Å². The lowest BCUT2D eigenvalue weighted by Crippen LogP contribution is -1.88. The molecule has 2 heterocycles. The zero-order valence-corrected chi connectivity index (χ0v) is 10.0. The molecule has 0 saturated carbocycles. The minimum absolute atomic E-state index is 0.708. The van der Waals surface area contributed by atoms with Crippen molar-refractivity contribution in [1.82, 2.24) is 14.4 Å². The fourth-order valence-corrected chi connectivity index (χ4v) is 2.10. The summed E-state index contributed by atoms with van der Waals surface area (Å²) < 4.78 is 1.97. The number of hydrogen-bond donors (Lipinski definition) is 0. The van der Waals surface area contributed by atoms with Gasteiger partial charge in [0.1, 0.15) is 0 Å². The average Bonchev–Trinajstić information content (AvgIpc) is 2.68. The first-order chi connectivity index (χ1) is 8.25. The summed E-state index contributed by atoms with van der Waals surface area (Å²) in [5, 5.41) is 0.715. The fourth-order valence-electron chi connectivity index (χ4n) is 1.91. The van der Waals surface area contributed by atoms with Gasteiger partial charge < -0.3 is 0 Å². The molecule has 0 radical (unpaired) electrons. The maximum absolute atomic E-state index is 6.00. The number of rotatable bonds is 1. The number of aryl methyl sites for hydroxylation is 1. The van der Waals surface area contributed by atoms with Crippen LogP contribution in [0.5, 0.6) is 0 Å². The summed E-state index contributed by atoms with van der Waals surface area (Å²) in [4.78, 5) is 8.75. The van der Waals surface area contributed by atoms with Gasteiger partial charge in [-0.2, -0.15) is 0 Å². The molecular formula is C13H10ClN3. The summed E-state index contributed by atoms with van der Waals surface area (Å²) in [5.41, 5.74) is 3.00. The minimum Gasteiger partial charge on any atom is -0.288 e. The van der Waals surface area contributed by atoms with Crippen molar-refractivity contribution in [3.8, 4) is 11.3 Å². The highest BCUT2D eigenvalue weighted by molar-refractivity contribution is 6.30. The maximum Gasteiger partial charge on any atom is 0.234 e. The second kappa shape index (κ2) is 3.86. The van der Waals surface area contributed by atoms with Crippen LogP contribution in [-0.4, -0.2) is 14.4 Å². The molecule has 84 valence electrons. The third kappa shape index (κ3) is 1.68. The Hall–Kier alpha value is -1.87. The van der Waals surface area contributed by atoms with E-state index in [9.17, 15) is 0 Å². The first-order valence-corrected chi connectivity index (χ1v) is 5.69. The predicted molar refractivity (Wildman–Crippen MR) is 68.2 cm³/mol. The van der Waals surface area contributed by atoms with Gasteiger partial charge in [-0.1, -0.05) is 23.7 Å². The molecule has 0 aliphatic rings. The molecular weight excluding hydrogens is 234 g/mol. The Morgan fingerprint density at radius 2 is 2.12 bits per heavy atom. The van der Waals surface area contributed by atoms with E-state index in [0.29, 0.717) is 10.8 Å². The van der Waals surface area contributed by atoms with Crippen molar-refractivity contribution in [1.29, 1.82) is 0 Å². The van der Waals surface area contributed by atoms with E-state index in [1.54, 1.807) is 6.20 Å². The molecule has 0 atom stereocenters. The summed E-state index contributed by atoms with van der Waals surface area (Å²) in [6.07, 6.45) is 3.70. The van der Waals surface area contributed by atoms with Crippen molar-refractivity contribution in [2.75, 3.05) is 0 Å². The maximum atomic E-state index is 6.00. The predicted octanol–water partition coefficient (Wildman–Crippen LogP) is 3.36. The van der Waals surface area contributed by atoms with Crippen molar-refractivity contribution in [2.24, 2.45) is 0 Å². The Bertz CT molecular complexity index is 688. The van der Waals surface area contributed by atoms with Crippen LogP contribution in [0.25, 0.3) is 17.0 Å². The molecule has 0 N–H and O–H groups in total. The topological polar surface area (TPSA) is 30.2 Å². The smallest absolute Gasteiger partial charge is 0.234 e. The van der Waals surface area contributed by atoms with Crippen molar-refractivity contribution >= 4 is 17.4 Å². The number of halogens is 1. The quantitative estimate of drug-likeness (QED) is 0.656. The minimum atomic E-state index is 0.708. The van der Waals surface area contributed by atoms with Crippen molar-refractivity contribution in [2.45, 2.75) is 6.92 Å². The third-order valence-electron chi connectivity index (χ3n) is 2.74. The number of aromatic nitrogens is 3. The fraction of sp³-hybridized carbons (Fsp3) is 0.0769. The van der Waals surface area contributed by atoms with Gasteiger partial charge in [0, 0.05) is 28.7 Å². The molecule has 0 fully saturated rings. The molecule has 0 unspecified atom stereocenters. The average molecular weight is 244 g/mol. The molecule has 4 heteroatoms. The highest BCUT2D eigenvalue weighted by Crippen LogP contribution is 2.25. The molecule has 2 aromatic heterocycles. The number of fused-ring (bicyclic) bond motifs is 1. The van der Waals surface area contributed by atoms with Crippen LogP contribution in [0.4, 0.5) is 0 Å². The Balaban J connectivity index is 2.27. The van der Waals surface area contributed by atoms with Crippen LogP contribution in [-0.2, 0) is 0 Å². The summed E-state index contributed by atoms with van der Waals surface area (Å²) in [7, 11) is 0. The van der Waals surface area contributed by atoms with Gasteiger partial charge in [-0.25, -0.2) is 9.97 Å². The number of benzene rings is 1. The van der Waals surface area contributed by atoms with Gasteiger partial charge in [0.25, 0.3) is 0 Å². The number of imidazole rings is 1. The van der Waals surface area contributed by atoms with E-state index in [2.05, 4.69) is 9.97 Å². The van der Waals surface area contributed by atoms with Gasteiger partial charge in [0.2, 0.25) is 5.78 Å². The second-order valence-electron chi connectivity index (χ2n) is 3.85. The lowest BCUT2D eigenvalue weighted by atomic mass is 10.1. The molecule has 0 aliphatic carbocycles. The first kappa shape index (κ1) is 10.3. The van der Waals surface area contributed by atoms with Crippen molar-refractivity contribution < 1.29 is 0 Å². The summed E-state index contributed by atoms with van der Waals surface area (Å²) in [6, 6.07) is 9.59. The molecule has 17 heavy (non-hydrogen) atoms. The summed E-state index contributed by atoms with van der Waals surface area (Å²) >= 11 is 6.00. The molecule has 0 amide bonds. The first-order valence-electron chi connectivity index (χ1n) is 5.31. The van der Waals surface area contributed by atoms with Crippen LogP contribution in [0.2, 0.25) is 5.02 Å². The van der Waals surface area contributed by atoms with E-state index in [4.69, 9.17) is 11.6 Å². The highest BCUT2D eigenvalue weighted by Gasteiger charge is 2.10. The van der Waals surface area contributed by atoms with E-state index in [0.717, 1.165) is 17.0 Å². The molecule has 1 aromatic carbocycles. The van der Waals surface area contributed by atoms with Gasteiger partial charge in [0.15, 0.2) is 0 Å². The van der Waals surface area contributed by atoms with Crippen molar-refractivity contribution in [3.05, 3.63) is 53.4 Å². The standard InChI is InChI=1S/C13H10ClN3/c1-9-12(10-4-2-5-11(14)8-10)16-13-15-6-3-7-17(9)13/h2-8H,1H3. The second-order valence-corrected chi connectivity index (χ2v) is 4.28. The van der Waals surface area contributed by atoms with E-state index in [-0.39, 0.29) is 0 Å². The third-order valence-corrected chi connectivity index (χ3v) is 2.98. The van der Waals surface area contributed by atoms with Crippen LogP contribution in [0.1, 0.15) is 5.69 Å². The van der Waals surface area contributed by atoms with E-state index < -0.39 is 0 Å². The van der Waals surface area contributed by atoms with Crippen LogP contribution in [0.3, 0.4) is 0 Å². The SMILES string of the molecule is Cc1c(-c2cccc(Cl)c2)nc2ncccn12. The molecule has 3 aromatic rings. The zero-order chi connectivity index (χ0) is 11.8. The monoisotopic (exact) mass is 243 g/mol. The van der Waals surface area contributed by atoms with Gasteiger partial charge in [-0.3, -0.25) is 4.40 Å². The van der Waals surface area contributed by atoms with Crippen LogP contribution < -0.4 is 0 Å². The van der Waals surface area contributed by atoms with Crippen molar-refractivity contribution in [3.63, 3.8) is 0 Å². The molecule has 0 aliphatic heterocycles. The zero-order valence-electron chi connectivity index (χ0n) is 9.26. The Labute approximate surface area is 104 Å². The van der Waals surface area contributed by atoms with E-state index in [1.807, 2.05) is 47.9 Å². The normalized spacial score (nSPS) is 10.9. The molecule has 3 nitrogen and oxygen atoms in total. The summed E-state index contributed by atoms with van der Waals surface area (Å²) in [5.74, 6) is 0.708. The van der Waals surface area contributed by atoms with Gasteiger partial charge >= 0.3 is 0 Å². The summed E-state index contributed by atoms with van der Waals surface area (Å²) in [6.45, 7) is 2.03. The molecule has 0 bridgehead atoms. The Kier molecular flexibility index (Phi) is 2.34. The lowest BCUT2D eigenvalue weighted by Gasteiger charge is -1.99. The number of nitrogens with zero attached hydrogens (tertiary/aromatic N) is 3. The van der Waals surface area contributed by atoms with Crippen LogP contribution in [0, 0.1) is 6.92 Å². The Morgan fingerprint density at radius 3 is 2.88 bits per heavy atom. The van der Waals surface area contributed by atoms with Crippen LogP contribution in [0.15, 0.2) is 42.7 Å². The molecule has 0 saturated heterocycles. The van der Waals surface area contributed by atoms with E-state index in [1.165, 1.54) is 0 Å². The Morgan fingerprint density at radius 1 is 1.24 bits per heavy atom. The largest absolute Gasteiger partial charge is 0.288 e. The van der Waals surface area contributed by atoms with Gasteiger partial charge in [0.05, 0.1) is 5.69 Å². The van der Waals surface area contributed by atoms with E-state index >= 15 is 0 Å². The lowest BCUT2D eigenvalue weighted by molar-refractivity contribution is 1.06. The molecule has 0 spiro atoms.